The monoisotopic (exact) mass is 444 g/mol. The van der Waals surface area contributed by atoms with Crippen LogP contribution in [0, 0.1) is 10.1 Å². The molecule has 1 fully saturated rings. The van der Waals surface area contributed by atoms with Crippen molar-refractivity contribution in [2.75, 3.05) is 6.61 Å². The van der Waals surface area contributed by atoms with E-state index in [2.05, 4.69) is 9.50 Å². The standard InChI is InChI=1S/C14H18N2O11S.Na/c1-7(18)15-11-12(19)13(27-28(22,23)24)10(6-17)26-14(11)25-9-4-2-8(3-5-9)16(20)21;/h2-5,10-14,17,19H,6H2,1H3,(H,15,18)(H,22,23,24);/q;+1/p-1/t10-,11-,12-,13-,14-;/m1./s1. The van der Waals surface area contributed by atoms with E-state index in [1.807, 2.05) is 0 Å². The Hall–Kier alpha value is -1.36. The van der Waals surface area contributed by atoms with E-state index < -0.39 is 58.5 Å². The molecule has 0 unspecified atom stereocenters. The van der Waals surface area contributed by atoms with Crippen molar-refractivity contribution < 1.29 is 76.1 Å². The van der Waals surface area contributed by atoms with E-state index in [1.54, 1.807) is 0 Å². The van der Waals surface area contributed by atoms with Crippen molar-refractivity contribution in [2.45, 2.75) is 37.6 Å². The minimum Gasteiger partial charge on any atom is -0.726 e. The van der Waals surface area contributed by atoms with Gasteiger partial charge in [-0.15, -0.1) is 0 Å². The number of aliphatic hydroxyl groups excluding tert-OH is 2. The van der Waals surface area contributed by atoms with E-state index in [-0.39, 0.29) is 41.0 Å². The maximum absolute atomic E-state index is 11.4. The zero-order valence-electron chi connectivity index (χ0n) is 15.3. The molecule has 1 aromatic carbocycles. The second-order valence-corrected chi connectivity index (χ2v) is 6.79. The van der Waals surface area contributed by atoms with E-state index >= 15 is 0 Å². The molecule has 1 amide bonds. The molecule has 1 saturated heterocycles. The quantitative estimate of drug-likeness (QED) is 0.120. The van der Waals surface area contributed by atoms with Crippen LogP contribution >= 0.6 is 0 Å². The molecule has 0 bridgehead atoms. The summed E-state index contributed by atoms with van der Waals surface area (Å²) in [6.45, 7) is 0.262. The summed E-state index contributed by atoms with van der Waals surface area (Å²) >= 11 is 0. The van der Waals surface area contributed by atoms with Gasteiger partial charge < -0.3 is 29.6 Å². The maximum Gasteiger partial charge on any atom is 1.00 e. The molecule has 1 aromatic rings. The Morgan fingerprint density at radius 2 is 1.93 bits per heavy atom. The Morgan fingerprint density at radius 1 is 1.34 bits per heavy atom. The van der Waals surface area contributed by atoms with Crippen LogP contribution in [0.2, 0.25) is 0 Å². The Labute approximate surface area is 187 Å². The van der Waals surface area contributed by atoms with Gasteiger partial charge >= 0.3 is 29.6 Å². The van der Waals surface area contributed by atoms with Gasteiger partial charge in [0.05, 0.1) is 11.5 Å². The van der Waals surface area contributed by atoms with Crippen LogP contribution in [0.5, 0.6) is 5.75 Å². The molecule has 3 N–H and O–H groups in total. The molecule has 1 aliphatic rings. The number of nitro benzene ring substituents is 1. The molecule has 1 heterocycles. The van der Waals surface area contributed by atoms with Crippen LogP contribution in [-0.2, 0) is 24.1 Å². The fourth-order valence-electron chi connectivity index (χ4n) is 2.59. The van der Waals surface area contributed by atoms with Crippen LogP contribution in [0.3, 0.4) is 0 Å². The number of non-ortho nitro benzene ring substituents is 1. The molecule has 13 nitrogen and oxygen atoms in total. The number of amides is 1. The molecule has 0 saturated carbocycles. The SMILES string of the molecule is CC(=O)N[C@H]1[C@H](Oc2ccc([N+](=O)[O-])cc2)O[C@H](CO)[C@@H](OS(=O)(=O)[O-])[C@@H]1O.[Na+]. The summed E-state index contributed by atoms with van der Waals surface area (Å²) in [4.78, 5) is 21.5. The number of ether oxygens (including phenoxy) is 2. The van der Waals surface area contributed by atoms with Gasteiger partial charge in [-0.05, 0) is 12.1 Å². The molecule has 2 rings (SSSR count). The van der Waals surface area contributed by atoms with Gasteiger partial charge in [0, 0.05) is 19.1 Å². The van der Waals surface area contributed by atoms with Gasteiger partial charge in [-0.2, -0.15) is 0 Å². The molecule has 5 atom stereocenters. The molecular formula is C14H17N2NaO11S. The summed E-state index contributed by atoms with van der Waals surface area (Å²) in [6, 6.07) is 3.36. The van der Waals surface area contributed by atoms with Gasteiger partial charge in [0.25, 0.3) is 5.69 Å². The summed E-state index contributed by atoms with van der Waals surface area (Å²) in [5.74, 6) is -0.582. The van der Waals surface area contributed by atoms with E-state index in [1.165, 1.54) is 12.1 Å². The van der Waals surface area contributed by atoms with Gasteiger partial charge in [-0.1, -0.05) is 0 Å². The first-order chi connectivity index (χ1) is 13.0. The summed E-state index contributed by atoms with van der Waals surface area (Å²) in [5, 5.41) is 32.8. The maximum atomic E-state index is 11.4. The number of rotatable bonds is 7. The topological polar surface area (TPSA) is 198 Å². The zero-order valence-corrected chi connectivity index (χ0v) is 18.1. The molecule has 0 radical (unpaired) electrons. The van der Waals surface area contributed by atoms with Gasteiger partial charge in [0.2, 0.25) is 22.6 Å². The minimum absolute atomic E-state index is 0. The van der Waals surface area contributed by atoms with Gasteiger partial charge in [0.15, 0.2) is 0 Å². The van der Waals surface area contributed by atoms with Crippen molar-refractivity contribution in [2.24, 2.45) is 0 Å². The number of hydrogen-bond acceptors (Lipinski definition) is 11. The number of carbonyl (C=O) groups is 1. The van der Waals surface area contributed by atoms with Crippen molar-refractivity contribution in [3.05, 3.63) is 34.4 Å². The number of aliphatic hydroxyl groups is 2. The Morgan fingerprint density at radius 3 is 2.38 bits per heavy atom. The third kappa shape index (κ3) is 7.13. The predicted molar refractivity (Wildman–Crippen MR) is 87.7 cm³/mol. The van der Waals surface area contributed by atoms with Crippen molar-refractivity contribution in [1.29, 1.82) is 0 Å². The molecule has 0 aliphatic carbocycles. The van der Waals surface area contributed by atoms with E-state index in [0.29, 0.717) is 0 Å². The summed E-state index contributed by atoms with van der Waals surface area (Å²) < 4.78 is 47.8. The third-order valence-corrected chi connectivity index (χ3v) is 4.21. The molecule has 15 heteroatoms. The summed E-state index contributed by atoms with van der Waals surface area (Å²) in [5.41, 5.74) is -0.210. The number of nitro groups is 1. The molecule has 1 aliphatic heterocycles. The van der Waals surface area contributed by atoms with E-state index in [4.69, 9.17) is 9.47 Å². The van der Waals surface area contributed by atoms with E-state index in [9.17, 15) is 38.1 Å². The van der Waals surface area contributed by atoms with Crippen LogP contribution in [0.25, 0.3) is 0 Å². The largest absolute Gasteiger partial charge is 1.00 e. The summed E-state index contributed by atoms with van der Waals surface area (Å²) in [7, 11) is -5.26. The third-order valence-electron chi connectivity index (χ3n) is 3.75. The second-order valence-electron chi connectivity index (χ2n) is 5.78. The average molecular weight is 444 g/mol. The second kappa shape index (κ2) is 10.6. The van der Waals surface area contributed by atoms with Crippen LogP contribution < -0.4 is 39.6 Å². The van der Waals surface area contributed by atoms with Crippen molar-refractivity contribution in [3.8, 4) is 5.75 Å². The van der Waals surface area contributed by atoms with Crippen LogP contribution in [0.1, 0.15) is 6.92 Å². The smallest absolute Gasteiger partial charge is 0.726 e. The molecule has 29 heavy (non-hydrogen) atoms. The Balaban J connectivity index is 0.00000420. The number of nitrogens with one attached hydrogen (secondary N) is 1. The fourth-order valence-corrected chi connectivity index (χ4v) is 3.10. The van der Waals surface area contributed by atoms with Gasteiger partial charge in [-0.3, -0.25) is 19.1 Å². The summed E-state index contributed by atoms with van der Waals surface area (Å²) in [6.07, 6.45) is -6.53. The first-order valence-corrected chi connectivity index (χ1v) is 9.12. The molecular weight excluding hydrogens is 427 g/mol. The van der Waals surface area contributed by atoms with Crippen LogP contribution in [-0.4, -0.2) is 71.3 Å². The van der Waals surface area contributed by atoms with Gasteiger partial charge in [0.1, 0.15) is 30.1 Å². The number of benzene rings is 1. The number of carbonyl (C=O) groups excluding carboxylic acids is 1. The van der Waals surface area contributed by atoms with Gasteiger partial charge in [-0.25, -0.2) is 8.42 Å². The number of nitrogens with zero attached hydrogens (tertiary/aromatic N) is 1. The van der Waals surface area contributed by atoms with Crippen molar-refractivity contribution >= 4 is 22.0 Å². The van der Waals surface area contributed by atoms with Crippen LogP contribution in [0.15, 0.2) is 24.3 Å². The first-order valence-electron chi connectivity index (χ1n) is 7.78. The minimum atomic E-state index is -5.26. The fraction of sp³-hybridized carbons (Fsp3) is 0.500. The molecule has 0 spiro atoms. The average Bonchev–Trinajstić information content (AvgIpc) is 2.59. The molecule has 156 valence electrons. The zero-order chi connectivity index (χ0) is 21.1. The molecule has 0 aromatic heterocycles. The van der Waals surface area contributed by atoms with Crippen molar-refractivity contribution in [3.63, 3.8) is 0 Å². The normalized spacial score (nSPS) is 26.8. The Bertz CT molecular complexity index is 819. The predicted octanol–water partition coefficient (Wildman–Crippen LogP) is -4.59. The number of hydrogen-bond donors (Lipinski definition) is 3. The van der Waals surface area contributed by atoms with Crippen LogP contribution in [0.4, 0.5) is 5.69 Å². The van der Waals surface area contributed by atoms with Crippen molar-refractivity contribution in [1.82, 2.24) is 5.32 Å². The Kier molecular flexibility index (Phi) is 9.39. The first kappa shape index (κ1) is 25.7. The van der Waals surface area contributed by atoms with E-state index in [0.717, 1.165) is 19.1 Å².